The van der Waals surface area contributed by atoms with E-state index in [1.54, 1.807) is 63.8 Å². The van der Waals surface area contributed by atoms with Crippen LogP contribution in [0, 0.1) is 71.0 Å². The molecule has 6 aliphatic heterocycles. The number of hydrogen-bond donors (Lipinski definition) is 13. The standard InChI is InChI=1S/C37H50N4O7.C34H51N5O6.C34H50N4O7/c1-22(2)33-35(44)38-31(20-27-11-8-13-29(42)19-27)36(45)41-17-9-14-30(40-41)37(46)48-21-28-12-7-10-26(18-28)15-16-32(47-6)24(4)23(3)25(5)34(43)39-33;1-21(2)30-33(43)36-28(20-25-13-11-14-26(40)19-25)34(44)39-18-12-15-27(38-39)32(42)35-17-10-8-7-9-16-29(45-6)23(4)22(3)24(5)31(41)37-30;1-21(2)30-32(41)35-28(20-25-13-11-14-26(39)19-25)33(42)38-17-12-15-27(37-38)34(43)45-18-10-8-7-9-16-29(44-6)23(4)22(3)24(5)31(40)36-30/h7-8,10-13,15-16,18-19,22-25,30-33,40,42H,9,14,17,20-21H2,1-6H3,(H,38,44)(H,39,43);7-9,11,13-14,16,19,21-24,27-30,38,40H,10,12,15,17-18,20H2,1-6H3,(H,35,42)(H,36,43)(H,37,41);7-9,11,13-14,16,19,21-24,27-30,37,39H,10,12,15,17-18,20H2,1-6H3,(H,35,41)(H,36,40)/b16-15+;2*8-7+,16-9+/t23-,24-,25-,30+,31+,32+,33+;2*22-,23-,24-,27+,28+,29+,30+/m111/s1. The normalized spacial score (nSPS) is 30.4. The topological polar surface area (TPSA) is 442 Å². The summed E-state index contributed by atoms with van der Waals surface area (Å²) in [6.07, 6.45) is 23.2. The maximum atomic E-state index is 14.0. The van der Waals surface area contributed by atoms with Gasteiger partial charge in [0.1, 0.15) is 78.2 Å². The van der Waals surface area contributed by atoms with Gasteiger partial charge in [-0.3, -0.25) is 72.6 Å². The molecule has 6 aliphatic rings. The first kappa shape index (κ1) is 112. The molecule has 33 nitrogen and oxygen atoms in total. The van der Waals surface area contributed by atoms with Crippen molar-refractivity contribution < 1.29 is 96.5 Å². The molecule has 0 aliphatic carbocycles. The third-order valence-corrected chi connectivity index (χ3v) is 27.4. The van der Waals surface area contributed by atoms with Crippen LogP contribution in [0.5, 0.6) is 17.2 Å². The highest BCUT2D eigenvalue weighted by atomic mass is 16.5. The van der Waals surface area contributed by atoms with Crippen LogP contribution in [0.15, 0.2) is 152 Å². The molecule has 0 unspecified atom stereocenters. The number of amides is 10. The Balaban J connectivity index is 0.000000254. The van der Waals surface area contributed by atoms with Gasteiger partial charge in [-0.1, -0.05) is 219 Å². The summed E-state index contributed by atoms with van der Waals surface area (Å²) in [5.41, 5.74) is 12.7. The number of benzene rings is 4. The van der Waals surface area contributed by atoms with Gasteiger partial charge in [-0.05, 0) is 175 Å². The molecule has 8 bridgehead atoms. The van der Waals surface area contributed by atoms with Crippen molar-refractivity contribution in [1.82, 2.24) is 68.5 Å². The molecule has 3 saturated heterocycles. The lowest BCUT2D eigenvalue weighted by molar-refractivity contribution is -0.155. The average molecular weight is 1920 g/mol. The van der Waals surface area contributed by atoms with E-state index < -0.39 is 120 Å². The first-order chi connectivity index (χ1) is 65.7. The van der Waals surface area contributed by atoms with Gasteiger partial charge in [-0.25, -0.2) is 16.3 Å². The van der Waals surface area contributed by atoms with Crippen LogP contribution >= 0.6 is 0 Å². The lowest BCUT2D eigenvalue weighted by Crippen LogP contribution is -2.63. The van der Waals surface area contributed by atoms with Gasteiger partial charge in [0.2, 0.25) is 41.4 Å². The van der Waals surface area contributed by atoms with Crippen LogP contribution in [-0.2, 0) is 107 Å². The highest BCUT2D eigenvalue weighted by Gasteiger charge is 2.43. The second-order valence-electron chi connectivity index (χ2n) is 38.4. The number of hydrazine groups is 3. The smallest absolute Gasteiger partial charge is 0.325 e. The van der Waals surface area contributed by atoms with E-state index in [0.29, 0.717) is 94.2 Å². The van der Waals surface area contributed by atoms with E-state index in [1.165, 1.54) is 45.4 Å². The molecule has 10 amide bonds. The summed E-state index contributed by atoms with van der Waals surface area (Å²) in [6.45, 7) is 30.3. The zero-order valence-electron chi connectivity index (χ0n) is 83.5. The second-order valence-corrected chi connectivity index (χ2v) is 38.4. The van der Waals surface area contributed by atoms with Crippen LogP contribution in [-0.4, -0.2) is 228 Å². The molecule has 0 saturated carbocycles. The maximum Gasteiger partial charge on any atom is 0.325 e. The van der Waals surface area contributed by atoms with E-state index in [-0.39, 0.29) is 145 Å². The number of carbonyl (C=O) groups excluding carboxylic acids is 12. The van der Waals surface area contributed by atoms with E-state index in [9.17, 15) is 72.9 Å². The molecule has 13 N–H and O–H groups in total. The van der Waals surface area contributed by atoms with E-state index in [4.69, 9.17) is 23.7 Å². The number of aromatic hydroxyl groups is 3. The molecule has 4 aromatic carbocycles. The van der Waals surface area contributed by atoms with E-state index in [1.807, 2.05) is 189 Å². The Kier molecular flexibility index (Phi) is 44.7. The third-order valence-electron chi connectivity index (χ3n) is 27.4. The number of allylic oxidation sites excluding steroid dienone is 4. The van der Waals surface area contributed by atoms with Crippen molar-refractivity contribution in [1.29, 1.82) is 0 Å². The fraction of sp³-hybridized carbons (Fsp3) is 0.562. The molecule has 0 spiro atoms. The maximum absolute atomic E-state index is 14.0. The van der Waals surface area contributed by atoms with Crippen LogP contribution in [0.1, 0.15) is 183 Å². The summed E-state index contributed by atoms with van der Waals surface area (Å²) in [6, 6.07) is 19.3. The van der Waals surface area contributed by atoms with Crippen molar-refractivity contribution in [3.05, 3.63) is 180 Å². The van der Waals surface area contributed by atoms with Crippen molar-refractivity contribution in [2.45, 2.75) is 254 Å². The summed E-state index contributed by atoms with van der Waals surface area (Å²) in [7, 11) is 4.90. The Morgan fingerprint density at radius 2 is 0.732 bits per heavy atom. The second kappa shape index (κ2) is 55.2. The fourth-order valence-electron chi connectivity index (χ4n) is 17.6. The molecule has 6 heterocycles. The van der Waals surface area contributed by atoms with Crippen LogP contribution in [0.2, 0.25) is 0 Å². The summed E-state index contributed by atoms with van der Waals surface area (Å²) in [5.74, 6) is -7.06. The molecule has 4 aromatic rings. The van der Waals surface area contributed by atoms with Crippen molar-refractivity contribution in [3.63, 3.8) is 0 Å². The number of carbonyl (C=O) groups is 12. The van der Waals surface area contributed by atoms with Crippen LogP contribution in [0.3, 0.4) is 0 Å². The highest BCUT2D eigenvalue weighted by molar-refractivity contribution is 5.96. The third kappa shape index (κ3) is 33.3. The molecule has 3 fully saturated rings. The Bertz CT molecular complexity index is 4690. The van der Waals surface area contributed by atoms with E-state index in [0.717, 1.165) is 11.1 Å². The number of cyclic esters (lactones) is 2. The van der Waals surface area contributed by atoms with Gasteiger partial charge in [0.05, 0.1) is 24.9 Å². The highest BCUT2D eigenvalue weighted by Crippen LogP contribution is 2.32. The first-order valence-corrected chi connectivity index (χ1v) is 48.7. The Morgan fingerprint density at radius 1 is 0.384 bits per heavy atom. The van der Waals surface area contributed by atoms with E-state index >= 15 is 0 Å². The number of hydrogen-bond acceptors (Lipinski definition) is 23. The number of ether oxygens (including phenoxy) is 5. The minimum atomic E-state index is -1.05. The predicted octanol–water partition coefficient (Wildman–Crippen LogP) is 9.40. The van der Waals surface area contributed by atoms with Gasteiger partial charge in [0.15, 0.2) is 0 Å². The zero-order chi connectivity index (χ0) is 101. The van der Waals surface area contributed by atoms with Crippen molar-refractivity contribution in [2.75, 3.05) is 54.1 Å². The number of nitrogens with zero attached hydrogens (tertiary/aromatic N) is 3. The molecule has 0 radical (unpaired) electrons. The van der Waals surface area contributed by atoms with Gasteiger partial charge in [0.25, 0.3) is 17.7 Å². The van der Waals surface area contributed by atoms with Crippen LogP contribution in [0.4, 0.5) is 0 Å². The molecule has 138 heavy (non-hydrogen) atoms. The number of phenols is 3. The molecule has 10 rings (SSSR count). The number of rotatable bonds is 12. The summed E-state index contributed by atoms with van der Waals surface area (Å²) in [4.78, 5) is 163. The molecule has 33 heteroatoms. The molecule has 21 atom stereocenters. The van der Waals surface area contributed by atoms with Gasteiger partial charge < -0.3 is 76.2 Å². The minimum absolute atomic E-state index is 0.00544. The Hall–Kier alpha value is -11.6. The number of phenolic OH excluding ortho intramolecular Hbond substituents is 3. The van der Waals surface area contributed by atoms with Crippen molar-refractivity contribution in [2.24, 2.45) is 71.0 Å². The molecular weight excluding hydrogens is 1760 g/mol. The Morgan fingerprint density at radius 3 is 1.10 bits per heavy atom. The van der Waals surface area contributed by atoms with Crippen LogP contribution < -0.4 is 53.5 Å². The average Bonchev–Trinajstić information content (AvgIpc) is 0.825. The van der Waals surface area contributed by atoms with Gasteiger partial charge in [0, 0.05) is 84.5 Å². The largest absolute Gasteiger partial charge is 0.508 e. The number of nitrogens with one attached hydrogen (secondary N) is 10. The van der Waals surface area contributed by atoms with Gasteiger partial charge in [-0.15, -0.1) is 0 Å². The first-order valence-electron chi connectivity index (χ1n) is 48.7. The fourth-order valence-corrected chi connectivity index (χ4v) is 17.6. The van der Waals surface area contributed by atoms with Crippen molar-refractivity contribution >= 4 is 77.1 Å². The van der Waals surface area contributed by atoms with Gasteiger partial charge >= 0.3 is 11.9 Å². The monoisotopic (exact) mass is 1910 g/mol. The summed E-state index contributed by atoms with van der Waals surface area (Å²) < 4.78 is 28.4. The van der Waals surface area contributed by atoms with Crippen molar-refractivity contribution in [3.8, 4) is 17.2 Å². The lowest BCUT2D eigenvalue weighted by atomic mass is 9.81. The predicted molar refractivity (Wildman–Crippen MR) is 525 cm³/mol. The van der Waals surface area contributed by atoms with Gasteiger partial charge in [-0.2, -0.15) is 0 Å². The quantitative estimate of drug-likeness (QED) is 0.0587. The number of esters is 2. The Labute approximate surface area is 813 Å². The summed E-state index contributed by atoms with van der Waals surface area (Å²) in [5, 5.41) is 54.7. The van der Waals surface area contributed by atoms with E-state index in [2.05, 4.69) is 53.5 Å². The zero-order valence-corrected chi connectivity index (χ0v) is 83.5. The number of methoxy groups -OCH3 is 3. The lowest BCUT2D eigenvalue weighted by Gasteiger charge is -2.36. The number of fused-ring (bicyclic) bond motifs is 8. The minimum Gasteiger partial charge on any atom is -0.508 e. The molecular formula is C105H151N13O20. The molecule has 0 aromatic heterocycles. The van der Waals surface area contributed by atoms with Crippen LogP contribution in [0.25, 0.3) is 6.08 Å². The SMILES string of the molecule is CO[C@H]1/C=C/C=C/CCNC(=O)[C@@H]2CCCN(N2)C(=O)[C@H](Cc2cccc(O)c2)NC(=O)[C@H](C(C)C)NC(=O)[C@H](C)[C@H](C)[C@H]1C.CO[C@H]1/C=C/C=C/CCOC(=O)[C@@H]2CCCN(N2)C(=O)[C@H](Cc2cccc(O)c2)NC(=O)[C@H](C(C)C)NC(=O)[C@H](C)[C@H](C)[C@H]1C.CO[C@H]1/C=C/c2cccc(c2)COC(=O)[C@@H]2CCCN(N2)C(=O)[C@H](Cc2cccc(O)c2)NC(=O)[C@H](C(C)C)NC(=O)[C@H](C)[C@H](C)[C@H]1C. The molecule has 756 valence electrons. The summed E-state index contributed by atoms with van der Waals surface area (Å²) >= 11 is 0.